The van der Waals surface area contributed by atoms with E-state index < -0.39 is 0 Å². The number of nitriles is 1. The molecule has 0 saturated carbocycles. The highest BCUT2D eigenvalue weighted by atomic mass is 35.5. The lowest BCUT2D eigenvalue weighted by molar-refractivity contribution is 0.282. The van der Waals surface area contributed by atoms with Crippen LogP contribution in [0.4, 0.5) is 4.39 Å². The normalized spacial score (nSPS) is 11.1. The average molecular weight is 270 g/mol. The van der Waals surface area contributed by atoms with Gasteiger partial charge in [0.2, 0.25) is 0 Å². The maximum Gasteiger partial charge on any atom is 0.123 e. The first-order valence-corrected chi connectivity index (χ1v) is 6.40. The van der Waals surface area contributed by atoms with Crippen LogP contribution in [0.5, 0.6) is 5.75 Å². The van der Waals surface area contributed by atoms with Gasteiger partial charge >= 0.3 is 0 Å². The van der Waals surface area contributed by atoms with Gasteiger partial charge in [0, 0.05) is 5.56 Å². The quantitative estimate of drug-likeness (QED) is 0.571. The third-order valence-corrected chi connectivity index (χ3v) is 2.96. The van der Waals surface area contributed by atoms with Crippen molar-refractivity contribution >= 4 is 11.6 Å². The lowest BCUT2D eigenvalue weighted by Crippen LogP contribution is -2.10. The predicted octanol–water partition coefficient (Wildman–Crippen LogP) is 4.27. The minimum absolute atomic E-state index is 0.219. The van der Waals surface area contributed by atoms with Crippen LogP contribution in [-0.4, -0.2) is 6.61 Å². The Kier molecular flexibility index (Phi) is 5.43. The van der Waals surface area contributed by atoms with Gasteiger partial charge in [-0.3, -0.25) is 0 Å². The lowest BCUT2D eigenvalue weighted by atomic mass is 9.90. The zero-order valence-corrected chi connectivity index (χ0v) is 11.4. The summed E-state index contributed by atoms with van der Waals surface area (Å²) >= 11 is 5.72. The van der Waals surface area contributed by atoms with E-state index in [1.165, 1.54) is 12.1 Å². The second-order valence-electron chi connectivity index (χ2n) is 4.83. The second-order valence-corrected chi connectivity index (χ2v) is 5.10. The van der Waals surface area contributed by atoms with Gasteiger partial charge in [-0.1, -0.05) is 0 Å². The molecule has 0 bridgehead atoms. The number of benzene rings is 1. The van der Waals surface area contributed by atoms with Crippen LogP contribution in [0.3, 0.4) is 0 Å². The van der Waals surface area contributed by atoms with E-state index in [1.54, 1.807) is 6.07 Å². The molecule has 4 heteroatoms. The molecule has 0 aliphatic carbocycles. The van der Waals surface area contributed by atoms with E-state index in [2.05, 4.69) is 6.07 Å². The van der Waals surface area contributed by atoms with Crippen LogP contribution in [0.2, 0.25) is 0 Å². The van der Waals surface area contributed by atoms with Gasteiger partial charge in [-0.15, -0.1) is 11.6 Å². The Morgan fingerprint density at radius 1 is 1.44 bits per heavy atom. The van der Waals surface area contributed by atoms with Crippen molar-refractivity contribution in [1.82, 2.24) is 0 Å². The minimum atomic E-state index is -0.332. The molecule has 2 nitrogen and oxygen atoms in total. The van der Waals surface area contributed by atoms with Crippen molar-refractivity contribution in [2.24, 2.45) is 5.41 Å². The molecular weight excluding hydrogens is 253 g/mol. The smallest absolute Gasteiger partial charge is 0.123 e. The number of ether oxygens (including phenoxy) is 1. The Hall–Kier alpha value is -1.27. The summed E-state index contributed by atoms with van der Waals surface area (Å²) in [5.74, 6) is 0.515. The van der Waals surface area contributed by atoms with E-state index in [1.807, 2.05) is 13.8 Å². The fourth-order valence-corrected chi connectivity index (χ4v) is 1.75. The summed E-state index contributed by atoms with van der Waals surface area (Å²) in [6.07, 6.45) is 1.54. The van der Waals surface area contributed by atoms with Crippen LogP contribution in [0.1, 0.15) is 32.3 Å². The molecule has 0 N–H and O–H groups in total. The Labute approximate surface area is 112 Å². The number of alkyl halides is 1. The SMILES string of the molecule is CC(C)(C#N)CCCOc1ccc(F)cc1CCl. The zero-order valence-electron chi connectivity index (χ0n) is 10.7. The van der Waals surface area contributed by atoms with E-state index in [4.69, 9.17) is 21.6 Å². The molecule has 1 aromatic carbocycles. The van der Waals surface area contributed by atoms with Gasteiger partial charge in [-0.25, -0.2) is 4.39 Å². The van der Waals surface area contributed by atoms with Gasteiger partial charge in [0.1, 0.15) is 11.6 Å². The Balaban J connectivity index is 2.47. The van der Waals surface area contributed by atoms with Crippen molar-refractivity contribution in [3.63, 3.8) is 0 Å². The van der Waals surface area contributed by atoms with Gasteiger partial charge < -0.3 is 4.74 Å². The van der Waals surface area contributed by atoms with Crippen molar-refractivity contribution in [1.29, 1.82) is 5.26 Å². The topological polar surface area (TPSA) is 33.0 Å². The third kappa shape index (κ3) is 4.54. The maximum absolute atomic E-state index is 13.0. The summed E-state index contributed by atoms with van der Waals surface area (Å²) in [5, 5.41) is 8.87. The zero-order chi connectivity index (χ0) is 13.6. The van der Waals surface area contributed by atoms with Crippen molar-refractivity contribution in [3.05, 3.63) is 29.6 Å². The third-order valence-electron chi connectivity index (χ3n) is 2.67. The molecular formula is C14H17ClFNO. The Morgan fingerprint density at radius 2 is 2.17 bits per heavy atom. The molecule has 0 radical (unpaired) electrons. The maximum atomic E-state index is 13.0. The molecule has 98 valence electrons. The van der Waals surface area contributed by atoms with Gasteiger partial charge in [-0.05, 0) is 44.9 Å². The van der Waals surface area contributed by atoms with E-state index in [0.29, 0.717) is 17.9 Å². The number of rotatable bonds is 6. The fourth-order valence-electron chi connectivity index (χ4n) is 1.55. The van der Waals surface area contributed by atoms with Crippen LogP contribution in [0.25, 0.3) is 0 Å². The predicted molar refractivity (Wildman–Crippen MR) is 70.1 cm³/mol. The number of nitrogens with zero attached hydrogens (tertiary/aromatic N) is 1. The second kappa shape index (κ2) is 6.61. The molecule has 0 unspecified atom stereocenters. The highest BCUT2D eigenvalue weighted by Crippen LogP contribution is 2.24. The fraction of sp³-hybridized carbons (Fsp3) is 0.500. The van der Waals surface area contributed by atoms with Crippen LogP contribution in [0, 0.1) is 22.6 Å². The van der Waals surface area contributed by atoms with Crippen molar-refractivity contribution in [2.45, 2.75) is 32.6 Å². The first kappa shape index (κ1) is 14.8. The number of hydrogen-bond donors (Lipinski definition) is 0. The van der Waals surface area contributed by atoms with E-state index in [9.17, 15) is 4.39 Å². The molecule has 0 aromatic heterocycles. The molecule has 0 amide bonds. The van der Waals surface area contributed by atoms with E-state index in [-0.39, 0.29) is 17.1 Å². The van der Waals surface area contributed by atoms with E-state index >= 15 is 0 Å². The minimum Gasteiger partial charge on any atom is -0.493 e. The standard InChI is InChI=1S/C14H17ClFNO/c1-14(2,10-17)6-3-7-18-13-5-4-12(16)8-11(13)9-15/h4-5,8H,3,6-7,9H2,1-2H3. The largest absolute Gasteiger partial charge is 0.493 e. The molecule has 0 spiro atoms. The van der Waals surface area contributed by atoms with Gasteiger partial charge in [0.25, 0.3) is 0 Å². The molecule has 0 saturated heterocycles. The monoisotopic (exact) mass is 269 g/mol. The van der Waals surface area contributed by atoms with Gasteiger partial charge in [0.15, 0.2) is 0 Å². The number of halogens is 2. The number of hydrogen-bond acceptors (Lipinski definition) is 2. The lowest BCUT2D eigenvalue weighted by Gasteiger charge is -2.15. The summed E-state index contributed by atoms with van der Waals surface area (Å²) in [5.41, 5.74) is 0.317. The molecule has 18 heavy (non-hydrogen) atoms. The van der Waals surface area contributed by atoms with Crippen LogP contribution < -0.4 is 4.74 Å². The molecule has 0 heterocycles. The Morgan fingerprint density at radius 3 is 2.78 bits per heavy atom. The van der Waals surface area contributed by atoms with Crippen LogP contribution in [0.15, 0.2) is 18.2 Å². The summed E-state index contributed by atoms with van der Waals surface area (Å²) in [6.45, 7) is 4.30. The molecule has 0 aliphatic rings. The average Bonchev–Trinajstić information content (AvgIpc) is 2.36. The van der Waals surface area contributed by atoms with Crippen LogP contribution >= 0.6 is 11.6 Å². The molecule has 0 fully saturated rings. The molecule has 0 atom stereocenters. The van der Waals surface area contributed by atoms with Crippen LogP contribution in [-0.2, 0) is 5.88 Å². The van der Waals surface area contributed by atoms with E-state index in [0.717, 1.165) is 12.8 Å². The summed E-state index contributed by atoms with van der Waals surface area (Å²) in [7, 11) is 0. The summed E-state index contributed by atoms with van der Waals surface area (Å²) in [6, 6.07) is 6.56. The van der Waals surface area contributed by atoms with Crippen molar-refractivity contribution in [3.8, 4) is 11.8 Å². The molecule has 1 rings (SSSR count). The van der Waals surface area contributed by atoms with Crippen molar-refractivity contribution in [2.75, 3.05) is 6.61 Å². The van der Waals surface area contributed by atoms with Crippen molar-refractivity contribution < 1.29 is 9.13 Å². The molecule has 1 aromatic rings. The first-order chi connectivity index (χ1) is 8.48. The Bertz CT molecular complexity index is 440. The summed E-state index contributed by atoms with van der Waals surface area (Å²) < 4.78 is 18.5. The van der Waals surface area contributed by atoms with Gasteiger partial charge in [0.05, 0.1) is 24.0 Å². The highest BCUT2D eigenvalue weighted by molar-refractivity contribution is 6.17. The first-order valence-electron chi connectivity index (χ1n) is 5.87. The summed E-state index contributed by atoms with van der Waals surface area (Å²) in [4.78, 5) is 0. The molecule has 0 aliphatic heterocycles. The highest BCUT2D eigenvalue weighted by Gasteiger charge is 2.15. The van der Waals surface area contributed by atoms with Gasteiger partial charge in [-0.2, -0.15) is 5.26 Å².